The lowest BCUT2D eigenvalue weighted by atomic mass is 9.83. The summed E-state index contributed by atoms with van der Waals surface area (Å²) in [7, 11) is 2.16. The molecule has 0 aromatic rings. The number of hydrogen-bond donors (Lipinski definition) is 1. The zero-order valence-electron chi connectivity index (χ0n) is 8.98. The van der Waals surface area contributed by atoms with E-state index in [9.17, 15) is 5.11 Å². The number of rotatable bonds is 1. The molecule has 2 fully saturated rings. The van der Waals surface area contributed by atoms with Gasteiger partial charge in [-0.3, -0.25) is 0 Å². The lowest BCUT2D eigenvalue weighted by molar-refractivity contribution is -0.0651. The Morgan fingerprint density at radius 3 is 2.57 bits per heavy atom. The summed E-state index contributed by atoms with van der Waals surface area (Å²) in [5, 5.41) is 9.43. The first-order valence-corrected chi connectivity index (χ1v) is 5.74. The van der Waals surface area contributed by atoms with Crippen LogP contribution in [0.15, 0.2) is 0 Å². The van der Waals surface area contributed by atoms with Gasteiger partial charge in [0.15, 0.2) is 0 Å². The summed E-state index contributed by atoms with van der Waals surface area (Å²) in [6.07, 6.45) is 4.58. The van der Waals surface area contributed by atoms with Crippen LogP contribution >= 0.6 is 0 Å². The first-order chi connectivity index (χ1) is 6.75. The van der Waals surface area contributed by atoms with Crippen molar-refractivity contribution in [2.45, 2.75) is 37.9 Å². The van der Waals surface area contributed by atoms with Gasteiger partial charge >= 0.3 is 0 Å². The van der Waals surface area contributed by atoms with Gasteiger partial charge in [0.1, 0.15) is 0 Å². The Balaban J connectivity index is 1.82. The monoisotopic (exact) mass is 199 g/mol. The second kappa shape index (κ2) is 4.60. The molecule has 1 aliphatic heterocycles. The van der Waals surface area contributed by atoms with Crippen LogP contribution in [0.2, 0.25) is 0 Å². The Morgan fingerprint density at radius 1 is 1.21 bits per heavy atom. The van der Waals surface area contributed by atoms with Crippen LogP contribution in [0.25, 0.3) is 0 Å². The van der Waals surface area contributed by atoms with Crippen LogP contribution < -0.4 is 0 Å². The summed E-state index contributed by atoms with van der Waals surface area (Å²) >= 11 is 0. The van der Waals surface area contributed by atoms with Gasteiger partial charge in [-0.15, -0.1) is 0 Å². The normalized spacial score (nSPS) is 41.1. The number of ether oxygens (including phenoxy) is 1. The Hall–Kier alpha value is -0.120. The second-order valence-corrected chi connectivity index (χ2v) is 4.74. The van der Waals surface area contributed by atoms with Crippen molar-refractivity contribution in [2.24, 2.45) is 5.92 Å². The molecule has 0 amide bonds. The molecule has 2 aliphatic rings. The van der Waals surface area contributed by atoms with Crippen molar-refractivity contribution in [3.63, 3.8) is 0 Å². The average molecular weight is 199 g/mol. The molecule has 14 heavy (non-hydrogen) atoms. The Bertz CT molecular complexity index is 178. The summed E-state index contributed by atoms with van der Waals surface area (Å²) in [5.74, 6) is 0.682. The molecule has 1 N–H and O–H groups in total. The van der Waals surface area contributed by atoms with Crippen LogP contribution in [0.1, 0.15) is 25.7 Å². The zero-order valence-corrected chi connectivity index (χ0v) is 8.98. The highest BCUT2D eigenvalue weighted by Crippen LogP contribution is 2.29. The van der Waals surface area contributed by atoms with Crippen LogP contribution in [0.4, 0.5) is 0 Å². The fraction of sp³-hybridized carbons (Fsp3) is 1.00. The van der Waals surface area contributed by atoms with Crippen molar-refractivity contribution < 1.29 is 9.84 Å². The number of nitrogens with zero attached hydrogens (tertiary/aromatic N) is 1. The maximum atomic E-state index is 9.43. The molecule has 1 saturated carbocycles. The van der Waals surface area contributed by atoms with Gasteiger partial charge in [-0.2, -0.15) is 0 Å². The predicted octanol–water partition coefficient (Wildman–Crippen LogP) is 0.868. The largest absolute Gasteiger partial charge is 0.393 e. The third kappa shape index (κ3) is 2.47. The van der Waals surface area contributed by atoms with Crippen molar-refractivity contribution in [1.82, 2.24) is 4.90 Å². The van der Waals surface area contributed by atoms with Crippen molar-refractivity contribution >= 4 is 0 Å². The van der Waals surface area contributed by atoms with Gasteiger partial charge in [-0.1, -0.05) is 0 Å². The lowest BCUT2D eigenvalue weighted by Crippen LogP contribution is -2.44. The molecule has 0 spiro atoms. The average Bonchev–Trinajstić information content (AvgIpc) is 2.19. The minimum atomic E-state index is -0.0485. The summed E-state index contributed by atoms with van der Waals surface area (Å²) in [5.41, 5.74) is 0. The highest BCUT2D eigenvalue weighted by molar-refractivity contribution is 4.81. The molecule has 2 rings (SSSR count). The van der Waals surface area contributed by atoms with E-state index in [2.05, 4.69) is 11.9 Å². The highest BCUT2D eigenvalue weighted by Gasteiger charge is 2.29. The number of likely N-dealkylation sites (N-methyl/N-ethyl adjacent to an activating group) is 1. The number of aliphatic hydroxyl groups is 1. The number of hydrogen-bond acceptors (Lipinski definition) is 3. The van der Waals surface area contributed by atoms with Crippen LogP contribution in [0.5, 0.6) is 0 Å². The van der Waals surface area contributed by atoms with Crippen molar-refractivity contribution in [1.29, 1.82) is 0 Å². The van der Waals surface area contributed by atoms with Gasteiger partial charge in [-0.05, 0) is 38.6 Å². The molecular formula is C11H21NO2. The van der Waals surface area contributed by atoms with E-state index >= 15 is 0 Å². The Kier molecular flexibility index (Phi) is 3.42. The predicted molar refractivity (Wildman–Crippen MR) is 55.2 cm³/mol. The third-order valence-corrected chi connectivity index (χ3v) is 3.56. The molecule has 1 saturated heterocycles. The van der Waals surface area contributed by atoms with E-state index in [0.717, 1.165) is 45.4 Å². The summed E-state index contributed by atoms with van der Waals surface area (Å²) in [6, 6.07) is 0. The van der Waals surface area contributed by atoms with Gasteiger partial charge in [0.05, 0.1) is 18.8 Å². The highest BCUT2D eigenvalue weighted by atomic mass is 16.5. The molecule has 1 heterocycles. The summed E-state index contributed by atoms with van der Waals surface area (Å²) < 4.78 is 5.80. The third-order valence-electron chi connectivity index (χ3n) is 3.56. The molecule has 0 aromatic heterocycles. The fourth-order valence-corrected chi connectivity index (χ4v) is 2.57. The smallest absolute Gasteiger partial charge is 0.0730 e. The fourth-order valence-electron chi connectivity index (χ4n) is 2.57. The van der Waals surface area contributed by atoms with Crippen LogP contribution in [-0.2, 0) is 4.74 Å². The van der Waals surface area contributed by atoms with E-state index in [-0.39, 0.29) is 6.10 Å². The Labute approximate surface area is 86.0 Å². The second-order valence-electron chi connectivity index (χ2n) is 4.74. The SMILES string of the molecule is CN1CCOC(C2CCC(O)CC2)C1. The molecule has 0 bridgehead atoms. The van der Waals surface area contributed by atoms with E-state index in [1.807, 2.05) is 0 Å². The van der Waals surface area contributed by atoms with E-state index in [1.165, 1.54) is 0 Å². The zero-order chi connectivity index (χ0) is 9.97. The van der Waals surface area contributed by atoms with Gasteiger partial charge < -0.3 is 14.7 Å². The minimum Gasteiger partial charge on any atom is -0.393 e. The molecule has 1 aliphatic carbocycles. The quantitative estimate of drug-likeness (QED) is 0.680. The molecule has 82 valence electrons. The van der Waals surface area contributed by atoms with Gasteiger partial charge in [-0.25, -0.2) is 0 Å². The van der Waals surface area contributed by atoms with Gasteiger partial charge in [0.25, 0.3) is 0 Å². The van der Waals surface area contributed by atoms with Crippen LogP contribution in [-0.4, -0.2) is 49.0 Å². The maximum absolute atomic E-state index is 9.43. The molecule has 3 nitrogen and oxygen atoms in total. The minimum absolute atomic E-state index is 0.0485. The van der Waals surface area contributed by atoms with Crippen LogP contribution in [0, 0.1) is 5.92 Å². The molecule has 1 atom stereocenters. The lowest BCUT2D eigenvalue weighted by Gasteiger charge is -2.37. The van der Waals surface area contributed by atoms with Crippen LogP contribution in [0.3, 0.4) is 0 Å². The summed E-state index contributed by atoms with van der Waals surface area (Å²) in [4.78, 5) is 2.35. The topological polar surface area (TPSA) is 32.7 Å². The molecule has 0 radical (unpaired) electrons. The van der Waals surface area contributed by atoms with Crippen molar-refractivity contribution in [3.8, 4) is 0 Å². The Morgan fingerprint density at radius 2 is 1.93 bits per heavy atom. The van der Waals surface area contributed by atoms with Crippen molar-refractivity contribution in [3.05, 3.63) is 0 Å². The number of morpholine rings is 1. The standard InChI is InChI=1S/C11H21NO2/c1-12-6-7-14-11(8-12)9-2-4-10(13)5-3-9/h9-11,13H,2-8H2,1H3. The maximum Gasteiger partial charge on any atom is 0.0730 e. The summed E-state index contributed by atoms with van der Waals surface area (Å²) in [6.45, 7) is 3.01. The molecule has 1 unspecified atom stereocenters. The van der Waals surface area contributed by atoms with E-state index in [0.29, 0.717) is 12.0 Å². The molecular weight excluding hydrogens is 178 g/mol. The van der Waals surface area contributed by atoms with E-state index in [1.54, 1.807) is 0 Å². The first-order valence-electron chi connectivity index (χ1n) is 5.74. The van der Waals surface area contributed by atoms with Gasteiger partial charge in [0.2, 0.25) is 0 Å². The molecule has 3 heteroatoms. The van der Waals surface area contributed by atoms with E-state index in [4.69, 9.17) is 4.74 Å². The van der Waals surface area contributed by atoms with Crippen molar-refractivity contribution in [2.75, 3.05) is 26.7 Å². The van der Waals surface area contributed by atoms with E-state index < -0.39 is 0 Å². The first kappa shape index (κ1) is 10.4. The molecule has 0 aromatic carbocycles. The number of aliphatic hydroxyl groups excluding tert-OH is 1. The van der Waals surface area contributed by atoms with Gasteiger partial charge in [0, 0.05) is 13.1 Å².